The van der Waals surface area contributed by atoms with Gasteiger partial charge in [0.15, 0.2) is 9.34 Å². The standard InChI is InChI=1S/C18H21N3O4S3.C2HF3O2/c1-3-21(4-2)10-9-16(22)20-18-19-14-8-7-13(12-15(14)27-18)25-28(23,24)17-6-5-11-26-17;3-2(4,5)1(6)7/h5-8,11-12H,3-4,9-10H2,1-2H3,(H,19,20,22);(H,6,7). The average Bonchev–Trinajstić information content (AvgIpc) is 3.44. The lowest BCUT2D eigenvalue weighted by atomic mass is 10.3. The van der Waals surface area contributed by atoms with Gasteiger partial charge in [-0.05, 0) is 36.7 Å². The highest BCUT2D eigenvalue weighted by Crippen LogP contribution is 2.31. The lowest BCUT2D eigenvalue weighted by molar-refractivity contribution is -0.192. The van der Waals surface area contributed by atoms with E-state index in [1.165, 1.54) is 17.4 Å². The molecular weight excluding hydrogens is 531 g/mol. The molecule has 1 amide bonds. The van der Waals surface area contributed by atoms with Crippen LogP contribution in [0.25, 0.3) is 10.2 Å². The Kier molecular flexibility index (Phi) is 10.00. The summed E-state index contributed by atoms with van der Waals surface area (Å²) in [6.45, 7) is 6.63. The van der Waals surface area contributed by atoms with E-state index >= 15 is 0 Å². The zero-order valence-electron chi connectivity index (χ0n) is 18.5. The van der Waals surface area contributed by atoms with Crippen LogP contribution in [0, 0.1) is 0 Å². The summed E-state index contributed by atoms with van der Waals surface area (Å²) in [7, 11) is -3.84. The van der Waals surface area contributed by atoms with Crippen LogP contribution in [0.15, 0.2) is 39.9 Å². The number of aliphatic carboxylic acids is 1. The summed E-state index contributed by atoms with van der Waals surface area (Å²) in [5.41, 5.74) is 0.671. The zero-order valence-corrected chi connectivity index (χ0v) is 21.0. The van der Waals surface area contributed by atoms with E-state index < -0.39 is 22.3 Å². The van der Waals surface area contributed by atoms with Crippen LogP contribution in [0.3, 0.4) is 0 Å². The van der Waals surface area contributed by atoms with E-state index in [1.807, 2.05) is 0 Å². The van der Waals surface area contributed by atoms with Crippen molar-refractivity contribution in [3.8, 4) is 5.75 Å². The molecule has 0 radical (unpaired) electrons. The molecule has 1 aromatic carbocycles. The number of nitrogens with zero attached hydrogens (tertiary/aromatic N) is 2. The molecule has 0 bridgehead atoms. The maximum absolute atomic E-state index is 12.2. The highest BCUT2D eigenvalue weighted by molar-refractivity contribution is 7.89. The molecule has 2 aromatic heterocycles. The lowest BCUT2D eigenvalue weighted by Gasteiger charge is -2.16. The normalized spacial score (nSPS) is 11.7. The molecule has 3 aromatic rings. The number of benzene rings is 1. The van der Waals surface area contributed by atoms with Gasteiger partial charge in [0.25, 0.3) is 0 Å². The first kappa shape index (κ1) is 28.5. The van der Waals surface area contributed by atoms with Gasteiger partial charge in [-0.3, -0.25) is 4.79 Å². The molecule has 0 aliphatic rings. The van der Waals surface area contributed by atoms with Crippen molar-refractivity contribution in [3.63, 3.8) is 0 Å². The van der Waals surface area contributed by atoms with Crippen LogP contribution >= 0.6 is 22.7 Å². The molecule has 0 atom stereocenters. The number of alkyl halides is 3. The van der Waals surface area contributed by atoms with Gasteiger partial charge in [-0.1, -0.05) is 31.3 Å². The predicted molar refractivity (Wildman–Crippen MR) is 126 cm³/mol. The fourth-order valence-corrected chi connectivity index (χ4v) is 5.35. The minimum atomic E-state index is -5.08. The molecule has 2 N–H and O–H groups in total. The van der Waals surface area contributed by atoms with Crippen LogP contribution in [0.1, 0.15) is 20.3 Å². The van der Waals surface area contributed by atoms with Crippen LogP contribution in [0.2, 0.25) is 0 Å². The molecule has 3 rings (SSSR count). The molecule has 0 fully saturated rings. The number of carbonyl (C=O) groups excluding carboxylic acids is 1. The number of hydrogen-bond donors (Lipinski definition) is 2. The number of carboxylic acids is 1. The molecule has 35 heavy (non-hydrogen) atoms. The molecule has 0 saturated carbocycles. The number of rotatable bonds is 9. The first-order valence-corrected chi connectivity index (χ1v) is 13.2. The monoisotopic (exact) mass is 553 g/mol. The Morgan fingerprint density at radius 2 is 1.86 bits per heavy atom. The second kappa shape index (κ2) is 12.3. The molecule has 2 heterocycles. The van der Waals surface area contributed by atoms with Gasteiger partial charge in [-0.25, -0.2) is 9.78 Å². The Bertz CT molecular complexity index is 1240. The zero-order chi connectivity index (χ0) is 26.2. The number of nitrogens with one attached hydrogen (secondary N) is 1. The van der Waals surface area contributed by atoms with Crippen molar-refractivity contribution >= 4 is 60.0 Å². The summed E-state index contributed by atoms with van der Waals surface area (Å²) in [4.78, 5) is 27.6. The Morgan fingerprint density at radius 1 is 1.20 bits per heavy atom. The summed E-state index contributed by atoms with van der Waals surface area (Å²) in [5, 5.41) is 12.1. The Labute approximate surface area is 207 Å². The van der Waals surface area contributed by atoms with Gasteiger partial charge < -0.3 is 19.5 Å². The maximum atomic E-state index is 12.2. The summed E-state index contributed by atoms with van der Waals surface area (Å²) >= 11 is 2.38. The van der Waals surface area contributed by atoms with Crippen molar-refractivity contribution in [2.75, 3.05) is 25.0 Å². The third-order valence-electron chi connectivity index (χ3n) is 4.35. The van der Waals surface area contributed by atoms with Crippen molar-refractivity contribution in [1.29, 1.82) is 0 Å². The topological polar surface area (TPSA) is 126 Å². The first-order chi connectivity index (χ1) is 16.4. The second-order valence-electron chi connectivity index (χ2n) is 6.75. The molecule has 0 aliphatic carbocycles. The van der Waals surface area contributed by atoms with Crippen molar-refractivity contribution in [3.05, 3.63) is 35.7 Å². The second-order valence-corrected chi connectivity index (χ2v) is 10.5. The largest absolute Gasteiger partial charge is 0.490 e. The van der Waals surface area contributed by atoms with E-state index in [2.05, 4.69) is 29.0 Å². The van der Waals surface area contributed by atoms with E-state index in [9.17, 15) is 26.4 Å². The Balaban J connectivity index is 0.000000540. The SMILES string of the molecule is CCN(CC)CCC(=O)Nc1nc2ccc(OS(=O)(=O)c3cccs3)cc2s1.O=C(O)C(F)(F)F. The van der Waals surface area contributed by atoms with E-state index in [0.29, 0.717) is 23.6 Å². The van der Waals surface area contributed by atoms with Gasteiger partial charge in [0.2, 0.25) is 5.91 Å². The van der Waals surface area contributed by atoms with Crippen LogP contribution in [-0.2, 0) is 19.7 Å². The van der Waals surface area contributed by atoms with Crippen molar-refractivity contribution in [2.45, 2.75) is 30.7 Å². The lowest BCUT2D eigenvalue weighted by Crippen LogP contribution is -2.27. The minimum absolute atomic E-state index is 0.0947. The number of carbonyl (C=O) groups is 2. The van der Waals surface area contributed by atoms with Gasteiger partial charge in [-0.15, -0.1) is 11.3 Å². The van der Waals surface area contributed by atoms with Crippen LogP contribution in [-0.4, -0.2) is 61.1 Å². The highest BCUT2D eigenvalue weighted by atomic mass is 32.3. The molecule has 0 unspecified atom stereocenters. The molecule has 15 heteroatoms. The fraction of sp³-hybridized carbons (Fsp3) is 0.350. The van der Waals surface area contributed by atoms with Crippen LogP contribution in [0.4, 0.5) is 18.3 Å². The quantitative estimate of drug-likeness (QED) is 0.373. The number of fused-ring (bicyclic) bond motifs is 1. The van der Waals surface area contributed by atoms with E-state index in [0.717, 1.165) is 29.1 Å². The molecule has 192 valence electrons. The summed E-state index contributed by atoms with van der Waals surface area (Å²) in [5.74, 6) is -2.64. The predicted octanol–water partition coefficient (Wildman–Crippen LogP) is 4.43. The van der Waals surface area contributed by atoms with Gasteiger partial charge >= 0.3 is 22.3 Å². The summed E-state index contributed by atoms with van der Waals surface area (Å²) in [6.07, 6.45) is -4.69. The van der Waals surface area contributed by atoms with Gasteiger partial charge in [0.1, 0.15) is 5.75 Å². The maximum Gasteiger partial charge on any atom is 0.490 e. The number of carboxylic acid groups (broad SMARTS) is 1. The third-order valence-corrected chi connectivity index (χ3v) is 7.88. The number of hydrogen-bond acceptors (Lipinski definition) is 9. The van der Waals surface area contributed by atoms with Gasteiger partial charge in [-0.2, -0.15) is 21.6 Å². The van der Waals surface area contributed by atoms with Gasteiger partial charge in [0, 0.05) is 19.0 Å². The van der Waals surface area contributed by atoms with Crippen LogP contribution < -0.4 is 9.50 Å². The average molecular weight is 554 g/mol. The molecule has 9 nitrogen and oxygen atoms in total. The van der Waals surface area contributed by atoms with Crippen molar-refractivity contribution < 1.29 is 40.5 Å². The molecule has 0 saturated heterocycles. The van der Waals surface area contributed by atoms with Crippen molar-refractivity contribution in [1.82, 2.24) is 9.88 Å². The number of aromatic nitrogens is 1. The third kappa shape index (κ3) is 8.76. The Hall–Kier alpha value is -2.75. The minimum Gasteiger partial charge on any atom is -0.475 e. The number of thiophene rings is 1. The molecular formula is C20H22F3N3O6S3. The number of halogens is 3. The number of amides is 1. The smallest absolute Gasteiger partial charge is 0.475 e. The van der Waals surface area contributed by atoms with E-state index in [-0.39, 0.29) is 15.9 Å². The van der Waals surface area contributed by atoms with Crippen molar-refractivity contribution in [2.24, 2.45) is 0 Å². The number of anilines is 1. The number of thiazole rings is 1. The highest BCUT2D eigenvalue weighted by Gasteiger charge is 2.38. The Morgan fingerprint density at radius 3 is 2.40 bits per heavy atom. The van der Waals surface area contributed by atoms with Crippen LogP contribution in [0.5, 0.6) is 5.75 Å². The summed E-state index contributed by atoms with van der Waals surface area (Å²) in [6, 6.07) is 8.00. The van der Waals surface area contributed by atoms with E-state index in [1.54, 1.807) is 29.6 Å². The van der Waals surface area contributed by atoms with E-state index in [4.69, 9.17) is 14.1 Å². The molecule has 0 spiro atoms. The fourth-order valence-electron chi connectivity index (χ4n) is 2.56. The molecule has 0 aliphatic heterocycles. The van der Waals surface area contributed by atoms with Gasteiger partial charge in [0.05, 0.1) is 10.2 Å². The first-order valence-electron chi connectivity index (χ1n) is 10.1. The summed E-state index contributed by atoms with van der Waals surface area (Å²) < 4.78 is 62.3.